The summed E-state index contributed by atoms with van der Waals surface area (Å²) in [4.78, 5) is 2.34. The summed E-state index contributed by atoms with van der Waals surface area (Å²) < 4.78 is 0. The number of hydrogen-bond donors (Lipinski definition) is 1. The summed E-state index contributed by atoms with van der Waals surface area (Å²) in [5.74, 6) is 0. The molecule has 1 N–H and O–H groups in total. The second-order valence-corrected chi connectivity index (χ2v) is 6.12. The van der Waals surface area contributed by atoms with E-state index < -0.39 is 0 Å². The third-order valence-electron chi connectivity index (χ3n) is 3.83. The van der Waals surface area contributed by atoms with Gasteiger partial charge in [0.1, 0.15) is 0 Å². The van der Waals surface area contributed by atoms with Crippen LogP contribution in [0.2, 0.25) is 0 Å². The summed E-state index contributed by atoms with van der Waals surface area (Å²) in [6.45, 7) is 11.0. The Balaban J connectivity index is 2.30. The number of nitrogens with zero attached hydrogens (tertiary/aromatic N) is 1. The highest BCUT2D eigenvalue weighted by atomic mass is 15.1. The van der Waals surface area contributed by atoms with Crippen LogP contribution in [0.15, 0.2) is 18.2 Å². The van der Waals surface area contributed by atoms with Crippen LogP contribution in [0.5, 0.6) is 0 Å². The topological polar surface area (TPSA) is 15.3 Å². The Kier molecular flexibility index (Phi) is 7.68. The van der Waals surface area contributed by atoms with Crippen molar-refractivity contribution in [2.75, 3.05) is 25.0 Å². The Morgan fingerprint density at radius 3 is 2.35 bits per heavy atom. The van der Waals surface area contributed by atoms with Crippen molar-refractivity contribution in [3.63, 3.8) is 0 Å². The van der Waals surface area contributed by atoms with E-state index in [9.17, 15) is 0 Å². The van der Waals surface area contributed by atoms with Crippen molar-refractivity contribution in [1.82, 2.24) is 5.32 Å². The van der Waals surface area contributed by atoms with Crippen molar-refractivity contribution in [3.8, 4) is 0 Å². The lowest BCUT2D eigenvalue weighted by Crippen LogP contribution is -2.34. The number of rotatable bonds is 9. The van der Waals surface area contributed by atoms with E-state index in [0.29, 0.717) is 6.04 Å². The Labute approximate surface area is 125 Å². The lowest BCUT2D eigenvalue weighted by Gasteiger charge is -2.22. The molecule has 20 heavy (non-hydrogen) atoms. The molecule has 0 aliphatic heterocycles. The molecular weight excluding hydrogens is 244 g/mol. The number of likely N-dealkylation sites (N-methyl/N-ethyl adjacent to an activating group) is 1. The van der Waals surface area contributed by atoms with Crippen LogP contribution < -0.4 is 10.2 Å². The molecule has 0 fully saturated rings. The van der Waals surface area contributed by atoms with E-state index >= 15 is 0 Å². The predicted octanol–water partition coefficient (Wildman–Crippen LogP) is 4.30. The zero-order chi connectivity index (χ0) is 15.0. The lowest BCUT2D eigenvalue weighted by molar-refractivity contribution is 0.491. The molecule has 1 unspecified atom stereocenters. The molecule has 2 heteroatoms. The quantitative estimate of drug-likeness (QED) is 0.677. The minimum absolute atomic E-state index is 0.634. The molecular formula is C18H32N2. The monoisotopic (exact) mass is 276 g/mol. The average Bonchev–Trinajstić information content (AvgIpc) is 2.37. The van der Waals surface area contributed by atoms with E-state index in [-0.39, 0.29) is 0 Å². The number of nitrogens with one attached hydrogen (secondary N) is 1. The van der Waals surface area contributed by atoms with Gasteiger partial charge in [-0.3, -0.25) is 0 Å². The first-order chi connectivity index (χ1) is 9.52. The maximum atomic E-state index is 3.63. The van der Waals surface area contributed by atoms with Gasteiger partial charge in [-0.1, -0.05) is 32.3 Å². The number of anilines is 1. The Hall–Kier alpha value is -1.02. The highest BCUT2D eigenvalue weighted by molar-refractivity contribution is 5.50. The standard InChI is InChI=1S/C18H32N2/c1-6-7-8-9-17(4)19-10-11-20(5)18-13-15(2)12-16(3)14-18/h12-14,17,19H,6-11H2,1-5H3. The molecule has 0 saturated carbocycles. The lowest BCUT2D eigenvalue weighted by atomic mass is 10.1. The number of unbranched alkanes of at least 4 members (excludes halogenated alkanes) is 2. The molecule has 1 aromatic carbocycles. The van der Waals surface area contributed by atoms with Crippen molar-refractivity contribution in [2.45, 2.75) is 59.4 Å². The summed E-state index contributed by atoms with van der Waals surface area (Å²) in [6.07, 6.45) is 5.30. The predicted molar refractivity (Wildman–Crippen MR) is 90.8 cm³/mol. The Morgan fingerprint density at radius 2 is 1.75 bits per heavy atom. The normalized spacial score (nSPS) is 12.4. The van der Waals surface area contributed by atoms with Crippen molar-refractivity contribution < 1.29 is 0 Å². The van der Waals surface area contributed by atoms with Gasteiger partial charge in [0.05, 0.1) is 0 Å². The summed E-state index contributed by atoms with van der Waals surface area (Å²) >= 11 is 0. The zero-order valence-electron chi connectivity index (χ0n) is 14.0. The van der Waals surface area contributed by atoms with Gasteiger partial charge in [-0.2, -0.15) is 0 Å². The summed E-state index contributed by atoms with van der Waals surface area (Å²) in [7, 11) is 2.18. The molecule has 1 rings (SSSR count). The van der Waals surface area contributed by atoms with E-state index in [1.807, 2.05) is 0 Å². The minimum Gasteiger partial charge on any atom is -0.373 e. The second-order valence-electron chi connectivity index (χ2n) is 6.12. The maximum absolute atomic E-state index is 3.63. The van der Waals surface area contributed by atoms with Gasteiger partial charge in [0, 0.05) is 31.9 Å². The molecule has 114 valence electrons. The van der Waals surface area contributed by atoms with Crippen molar-refractivity contribution in [1.29, 1.82) is 0 Å². The molecule has 0 aliphatic rings. The van der Waals surface area contributed by atoms with E-state index in [1.165, 1.54) is 42.5 Å². The fourth-order valence-corrected chi connectivity index (χ4v) is 2.58. The number of benzene rings is 1. The molecule has 0 saturated heterocycles. The molecule has 0 radical (unpaired) electrons. The zero-order valence-corrected chi connectivity index (χ0v) is 14.0. The van der Waals surface area contributed by atoms with Crippen LogP contribution in [0.3, 0.4) is 0 Å². The molecule has 0 heterocycles. The summed E-state index contributed by atoms with van der Waals surface area (Å²) in [6, 6.07) is 7.38. The number of aryl methyl sites for hydroxylation is 2. The molecule has 0 aliphatic carbocycles. The van der Waals surface area contributed by atoms with Crippen LogP contribution in [0.25, 0.3) is 0 Å². The first kappa shape index (κ1) is 17.0. The first-order valence-electron chi connectivity index (χ1n) is 8.05. The smallest absolute Gasteiger partial charge is 0.0369 e. The van der Waals surface area contributed by atoms with Gasteiger partial charge < -0.3 is 10.2 Å². The fraction of sp³-hybridized carbons (Fsp3) is 0.667. The SMILES string of the molecule is CCCCCC(C)NCCN(C)c1cc(C)cc(C)c1. The van der Waals surface area contributed by atoms with E-state index in [4.69, 9.17) is 0 Å². The highest BCUT2D eigenvalue weighted by Crippen LogP contribution is 2.17. The van der Waals surface area contributed by atoms with Crippen LogP contribution in [0.1, 0.15) is 50.7 Å². The fourth-order valence-electron chi connectivity index (χ4n) is 2.58. The molecule has 1 atom stereocenters. The Morgan fingerprint density at radius 1 is 1.10 bits per heavy atom. The van der Waals surface area contributed by atoms with Gasteiger partial charge in [-0.25, -0.2) is 0 Å². The molecule has 0 bridgehead atoms. The average molecular weight is 276 g/mol. The summed E-state index contributed by atoms with van der Waals surface area (Å²) in [5, 5.41) is 3.63. The van der Waals surface area contributed by atoms with Crippen LogP contribution in [-0.2, 0) is 0 Å². The second kappa shape index (κ2) is 9.02. The minimum atomic E-state index is 0.634. The van der Waals surface area contributed by atoms with Gasteiger partial charge in [-0.05, 0) is 50.5 Å². The van der Waals surface area contributed by atoms with Gasteiger partial charge in [-0.15, -0.1) is 0 Å². The molecule has 2 nitrogen and oxygen atoms in total. The van der Waals surface area contributed by atoms with Crippen LogP contribution >= 0.6 is 0 Å². The third kappa shape index (κ3) is 6.42. The highest BCUT2D eigenvalue weighted by Gasteiger charge is 2.04. The van der Waals surface area contributed by atoms with Crippen LogP contribution in [-0.4, -0.2) is 26.2 Å². The van der Waals surface area contributed by atoms with Gasteiger partial charge in [0.25, 0.3) is 0 Å². The van der Waals surface area contributed by atoms with Crippen molar-refractivity contribution in [2.24, 2.45) is 0 Å². The number of hydrogen-bond acceptors (Lipinski definition) is 2. The first-order valence-corrected chi connectivity index (χ1v) is 8.05. The van der Waals surface area contributed by atoms with Crippen LogP contribution in [0.4, 0.5) is 5.69 Å². The Bertz CT molecular complexity index is 367. The van der Waals surface area contributed by atoms with E-state index in [0.717, 1.165) is 13.1 Å². The van der Waals surface area contributed by atoms with Gasteiger partial charge in [0.15, 0.2) is 0 Å². The molecule has 0 amide bonds. The summed E-state index contributed by atoms with van der Waals surface area (Å²) in [5.41, 5.74) is 4.00. The largest absolute Gasteiger partial charge is 0.373 e. The van der Waals surface area contributed by atoms with E-state index in [1.54, 1.807) is 0 Å². The van der Waals surface area contributed by atoms with Crippen LogP contribution in [0, 0.1) is 13.8 Å². The van der Waals surface area contributed by atoms with Gasteiger partial charge >= 0.3 is 0 Å². The van der Waals surface area contributed by atoms with E-state index in [2.05, 4.69) is 63.2 Å². The van der Waals surface area contributed by atoms with Gasteiger partial charge in [0.2, 0.25) is 0 Å². The van der Waals surface area contributed by atoms with Crippen molar-refractivity contribution >= 4 is 5.69 Å². The molecule has 1 aromatic rings. The molecule has 0 aromatic heterocycles. The van der Waals surface area contributed by atoms with Crippen molar-refractivity contribution in [3.05, 3.63) is 29.3 Å². The third-order valence-corrected chi connectivity index (χ3v) is 3.83. The maximum Gasteiger partial charge on any atom is 0.0369 e. The molecule has 0 spiro atoms.